The molecule has 0 spiro atoms. The Kier molecular flexibility index (Phi) is 4.64. The van der Waals surface area contributed by atoms with E-state index in [0.29, 0.717) is 16.7 Å². The molecule has 0 aliphatic heterocycles. The third-order valence-electron chi connectivity index (χ3n) is 3.68. The molecule has 1 fully saturated rings. The molecular weight excluding hydrogens is 298 g/mol. The summed E-state index contributed by atoms with van der Waals surface area (Å²) in [6, 6.07) is 15.6. The molecule has 3 nitrogen and oxygen atoms in total. The summed E-state index contributed by atoms with van der Waals surface area (Å²) >= 11 is 6.24. The highest BCUT2D eigenvalue weighted by Gasteiger charge is 2.21. The van der Waals surface area contributed by atoms with Crippen LogP contribution in [0.4, 0.5) is 0 Å². The lowest BCUT2D eigenvalue weighted by atomic mass is 10.1. The van der Waals surface area contributed by atoms with Gasteiger partial charge in [0.15, 0.2) is 6.61 Å². The lowest BCUT2D eigenvalue weighted by Crippen LogP contribution is -2.30. The first-order valence-corrected chi connectivity index (χ1v) is 7.84. The summed E-state index contributed by atoms with van der Waals surface area (Å²) in [5, 5.41) is 3.38. The van der Waals surface area contributed by atoms with Gasteiger partial charge in [0.2, 0.25) is 0 Å². The number of carbonyl (C=O) groups is 1. The van der Waals surface area contributed by atoms with E-state index in [4.69, 9.17) is 16.3 Å². The van der Waals surface area contributed by atoms with Gasteiger partial charge in [-0.25, -0.2) is 0 Å². The predicted octanol–water partition coefficient (Wildman–Crippen LogP) is 3.91. The summed E-state index contributed by atoms with van der Waals surface area (Å²) in [5.41, 5.74) is 2.12. The number of ether oxygens (including phenoxy) is 1. The van der Waals surface area contributed by atoms with Gasteiger partial charge in [-0.2, -0.15) is 0 Å². The highest BCUT2D eigenvalue weighted by molar-refractivity contribution is 6.32. The molecule has 0 atom stereocenters. The van der Waals surface area contributed by atoms with Crippen LogP contribution in [0.2, 0.25) is 5.02 Å². The summed E-state index contributed by atoms with van der Waals surface area (Å²) < 4.78 is 5.50. The third-order valence-corrected chi connectivity index (χ3v) is 3.98. The van der Waals surface area contributed by atoms with E-state index < -0.39 is 0 Å². The average molecular weight is 316 g/mol. The number of carbonyl (C=O) groups excluding carboxylic acids is 1. The second-order valence-corrected chi connectivity index (χ2v) is 5.95. The van der Waals surface area contributed by atoms with Crippen molar-refractivity contribution in [3.63, 3.8) is 0 Å². The van der Waals surface area contributed by atoms with Crippen molar-refractivity contribution in [3.8, 4) is 16.9 Å². The Morgan fingerprint density at radius 2 is 1.91 bits per heavy atom. The van der Waals surface area contributed by atoms with E-state index in [1.54, 1.807) is 6.07 Å². The maximum atomic E-state index is 11.7. The van der Waals surface area contributed by atoms with Crippen molar-refractivity contribution >= 4 is 17.5 Å². The number of halogens is 1. The molecule has 1 saturated carbocycles. The predicted molar refractivity (Wildman–Crippen MR) is 88.1 cm³/mol. The molecular formula is C18H18ClNO2. The first kappa shape index (κ1) is 14.9. The van der Waals surface area contributed by atoms with Crippen LogP contribution in [0.15, 0.2) is 48.5 Å². The van der Waals surface area contributed by atoms with Crippen LogP contribution >= 0.6 is 11.6 Å². The van der Waals surface area contributed by atoms with E-state index >= 15 is 0 Å². The smallest absolute Gasteiger partial charge is 0.257 e. The van der Waals surface area contributed by atoms with Crippen LogP contribution in [0, 0.1) is 5.92 Å². The molecule has 2 aromatic carbocycles. The van der Waals surface area contributed by atoms with Crippen molar-refractivity contribution in [1.82, 2.24) is 5.32 Å². The number of hydrogen-bond acceptors (Lipinski definition) is 2. The lowest BCUT2D eigenvalue weighted by Gasteiger charge is -2.10. The minimum Gasteiger partial charge on any atom is -0.482 e. The Labute approximate surface area is 135 Å². The fourth-order valence-corrected chi connectivity index (χ4v) is 2.44. The molecule has 22 heavy (non-hydrogen) atoms. The van der Waals surface area contributed by atoms with Gasteiger partial charge in [-0.3, -0.25) is 4.79 Å². The van der Waals surface area contributed by atoms with Crippen LogP contribution in [0.1, 0.15) is 12.8 Å². The maximum Gasteiger partial charge on any atom is 0.257 e. The number of benzene rings is 2. The van der Waals surface area contributed by atoms with E-state index in [9.17, 15) is 4.79 Å². The molecule has 3 rings (SSSR count). The van der Waals surface area contributed by atoms with Gasteiger partial charge in [-0.1, -0.05) is 48.0 Å². The zero-order valence-electron chi connectivity index (χ0n) is 12.2. The number of nitrogens with one attached hydrogen (secondary N) is 1. The highest BCUT2D eigenvalue weighted by Crippen LogP contribution is 2.30. The van der Waals surface area contributed by atoms with Crippen molar-refractivity contribution in [3.05, 3.63) is 53.6 Å². The maximum absolute atomic E-state index is 11.7. The zero-order valence-corrected chi connectivity index (χ0v) is 13.0. The second kappa shape index (κ2) is 6.84. The van der Waals surface area contributed by atoms with E-state index in [0.717, 1.165) is 17.7 Å². The number of rotatable bonds is 6. The minimum atomic E-state index is -0.102. The quantitative estimate of drug-likeness (QED) is 0.877. The summed E-state index contributed by atoms with van der Waals surface area (Å²) in [7, 11) is 0. The Morgan fingerprint density at radius 3 is 2.59 bits per heavy atom. The minimum absolute atomic E-state index is 0.00285. The van der Waals surface area contributed by atoms with E-state index in [-0.39, 0.29) is 12.5 Å². The van der Waals surface area contributed by atoms with Crippen molar-refractivity contribution in [2.45, 2.75) is 12.8 Å². The van der Waals surface area contributed by atoms with Crippen LogP contribution in [0.3, 0.4) is 0 Å². The molecule has 0 unspecified atom stereocenters. The SMILES string of the molecule is O=C(COc1ccc(-c2ccccc2)cc1Cl)NCC1CC1. The summed E-state index contributed by atoms with van der Waals surface area (Å²) in [5.74, 6) is 1.09. The normalized spacial score (nSPS) is 13.7. The second-order valence-electron chi connectivity index (χ2n) is 5.55. The number of amides is 1. The first-order chi connectivity index (χ1) is 10.7. The Hall–Kier alpha value is -2.00. The van der Waals surface area contributed by atoms with Crippen molar-refractivity contribution in [2.24, 2.45) is 5.92 Å². The van der Waals surface area contributed by atoms with Gasteiger partial charge in [-0.15, -0.1) is 0 Å². The van der Waals surface area contributed by atoms with Crippen LogP contribution in [-0.4, -0.2) is 19.1 Å². The molecule has 1 aliphatic rings. The standard InChI is InChI=1S/C18H18ClNO2/c19-16-10-15(14-4-2-1-3-5-14)8-9-17(16)22-12-18(21)20-11-13-6-7-13/h1-5,8-10,13H,6-7,11-12H2,(H,20,21). The van der Waals surface area contributed by atoms with Crippen molar-refractivity contribution in [2.75, 3.05) is 13.2 Å². The topological polar surface area (TPSA) is 38.3 Å². The van der Waals surface area contributed by atoms with Gasteiger partial charge < -0.3 is 10.1 Å². The summed E-state index contributed by atoms with van der Waals surface area (Å²) in [6.45, 7) is 0.750. The molecule has 4 heteroatoms. The van der Waals surface area contributed by atoms with Crippen molar-refractivity contribution < 1.29 is 9.53 Å². The molecule has 0 aromatic heterocycles. The highest BCUT2D eigenvalue weighted by atomic mass is 35.5. The Bertz CT molecular complexity index is 653. The third kappa shape index (κ3) is 4.01. The van der Waals surface area contributed by atoms with E-state index in [1.807, 2.05) is 42.5 Å². The molecule has 114 valence electrons. The van der Waals surface area contributed by atoms with Crippen LogP contribution < -0.4 is 10.1 Å². The Balaban J connectivity index is 1.58. The molecule has 0 bridgehead atoms. The molecule has 0 heterocycles. The Morgan fingerprint density at radius 1 is 1.14 bits per heavy atom. The van der Waals surface area contributed by atoms with Gasteiger partial charge in [0.1, 0.15) is 5.75 Å². The molecule has 1 aliphatic carbocycles. The summed E-state index contributed by atoms with van der Waals surface area (Å²) in [6.07, 6.45) is 2.43. The summed E-state index contributed by atoms with van der Waals surface area (Å²) in [4.78, 5) is 11.7. The molecule has 0 saturated heterocycles. The van der Waals surface area contributed by atoms with Gasteiger partial charge >= 0.3 is 0 Å². The van der Waals surface area contributed by atoms with Gasteiger partial charge in [-0.05, 0) is 42.0 Å². The molecule has 1 amide bonds. The fourth-order valence-electron chi connectivity index (χ4n) is 2.20. The van der Waals surface area contributed by atoms with Gasteiger partial charge in [0.25, 0.3) is 5.91 Å². The number of hydrogen-bond donors (Lipinski definition) is 1. The zero-order chi connectivity index (χ0) is 15.4. The van der Waals surface area contributed by atoms with Gasteiger partial charge in [0, 0.05) is 6.54 Å². The monoisotopic (exact) mass is 315 g/mol. The molecule has 0 radical (unpaired) electrons. The van der Waals surface area contributed by atoms with E-state index in [2.05, 4.69) is 5.32 Å². The lowest BCUT2D eigenvalue weighted by molar-refractivity contribution is -0.123. The molecule has 2 aromatic rings. The van der Waals surface area contributed by atoms with Crippen LogP contribution in [0.25, 0.3) is 11.1 Å². The van der Waals surface area contributed by atoms with E-state index in [1.165, 1.54) is 12.8 Å². The largest absolute Gasteiger partial charge is 0.482 e. The molecule has 1 N–H and O–H groups in total. The van der Waals surface area contributed by atoms with Crippen LogP contribution in [0.5, 0.6) is 5.75 Å². The van der Waals surface area contributed by atoms with Gasteiger partial charge in [0.05, 0.1) is 5.02 Å². The first-order valence-electron chi connectivity index (χ1n) is 7.47. The van der Waals surface area contributed by atoms with Crippen molar-refractivity contribution in [1.29, 1.82) is 0 Å². The average Bonchev–Trinajstić information content (AvgIpc) is 3.37. The van der Waals surface area contributed by atoms with Crippen LogP contribution in [-0.2, 0) is 4.79 Å². The fraction of sp³-hybridized carbons (Fsp3) is 0.278.